The van der Waals surface area contributed by atoms with Crippen molar-refractivity contribution in [3.05, 3.63) is 30.0 Å². The average Bonchev–Trinajstić information content (AvgIpc) is 3.14. The van der Waals surface area contributed by atoms with Crippen LogP contribution in [0.2, 0.25) is 0 Å². The molecule has 2 saturated heterocycles. The van der Waals surface area contributed by atoms with Crippen molar-refractivity contribution in [2.24, 2.45) is 11.8 Å². The summed E-state index contributed by atoms with van der Waals surface area (Å²) in [7, 11) is 0. The van der Waals surface area contributed by atoms with Gasteiger partial charge in [-0.05, 0) is 30.4 Å². The van der Waals surface area contributed by atoms with E-state index in [-0.39, 0.29) is 0 Å². The smallest absolute Gasteiger partial charge is 0.137 e. The first-order chi connectivity index (χ1) is 11.4. The molecule has 0 amide bonds. The van der Waals surface area contributed by atoms with Gasteiger partial charge in [0.05, 0.1) is 24.3 Å². The summed E-state index contributed by atoms with van der Waals surface area (Å²) in [5, 5.41) is 5.02. The predicted octanol–water partition coefficient (Wildman–Crippen LogP) is 3.58. The third-order valence-corrected chi connectivity index (χ3v) is 7.56. The first-order valence-electron chi connectivity index (χ1n) is 9.28. The standard InChI is InChI=1S/C19H26N3S/c1-2-6-15-14(5-1)13-22(11-9-20-10-12-22)19(15)18-16-7-3-4-8-17(16)23-21-18/h3-4,7-8,14-15,19-20H,1-2,5-6,9-13H2/q+1. The normalized spacial score (nSPS) is 33.1. The van der Waals surface area contributed by atoms with Crippen LogP contribution in [0.4, 0.5) is 0 Å². The van der Waals surface area contributed by atoms with Crippen molar-refractivity contribution < 1.29 is 4.48 Å². The van der Waals surface area contributed by atoms with E-state index in [4.69, 9.17) is 4.37 Å². The van der Waals surface area contributed by atoms with Crippen LogP contribution in [0.15, 0.2) is 24.3 Å². The van der Waals surface area contributed by atoms with E-state index >= 15 is 0 Å². The SMILES string of the molecule is c1ccc2c(C3C4CCCCC4C[N+]34CCNCC4)nsc2c1. The van der Waals surface area contributed by atoms with E-state index < -0.39 is 0 Å². The van der Waals surface area contributed by atoms with Gasteiger partial charge in [-0.25, -0.2) is 0 Å². The minimum absolute atomic E-state index is 0.651. The highest BCUT2D eigenvalue weighted by molar-refractivity contribution is 7.13. The van der Waals surface area contributed by atoms with E-state index in [1.807, 2.05) is 0 Å². The largest absolute Gasteiger partial charge is 0.314 e. The van der Waals surface area contributed by atoms with Gasteiger partial charge in [0.15, 0.2) is 0 Å². The Bertz CT molecular complexity index is 703. The predicted molar refractivity (Wildman–Crippen MR) is 95.5 cm³/mol. The molecule has 122 valence electrons. The lowest BCUT2D eigenvalue weighted by Gasteiger charge is -2.43. The Morgan fingerprint density at radius 2 is 1.91 bits per heavy atom. The van der Waals surface area contributed by atoms with Gasteiger partial charge >= 0.3 is 0 Å². The Morgan fingerprint density at radius 3 is 2.83 bits per heavy atom. The average molecular weight is 329 g/mol. The Hall–Kier alpha value is -0.970. The van der Waals surface area contributed by atoms with E-state index in [1.165, 1.54) is 78.7 Å². The molecular weight excluding hydrogens is 302 g/mol. The Balaban J connectivity index is 1.64. The molecule has 2 aliphatic heterocycles. The lowest BCUT2D eigenvalue weighted by atomic mass is 9.77. The molecule has 1 saturated carbocycles. The van der Waals surface area contributed by atoms with Gasteiger partial charge in [0.25, 0.3) is 0 Å². The van der Waals surface area contributed by atoms with Crippen LogP contribution in [0.5, 0.6) is 0 Å². The zero-order valence-electron chi connectivity index (χ0n) is 13.7. The Morgan fingerprint density at radius 1 is 1.09 bits per heavy atom. The van der Waals surface area contributed by atoms with Crippen LogP contribution in [-0.4, -0.2) is 41.6 Å². The number of hydrogen-bond donors (Lipinski definition) is 1. The molecule has 2 aromatic rings. The van der Waals surface area contributed by atoms with Crippen molar-refractivity contribution in [3.8, 4) is 0 Å². The molecule has 3 unspecified atom stereocenters. The van der Waals surface area contributed by atoms with Crippen LogP contribution >= 0.6 is 11.5 Å². The monoisotopic (exact) mass is 328 g/mol. The maximum Gasteiger partial charge on any atom is 0.137 e. The summed E-state index contributed by atoms with van der Waals surface area (Å²) < 4.78 is 7.71. The van der Waals surface area contributed by atoms with Crippen LogP contribution in [0.25, 0.3) is 10.1 Å². The van der Waals surface area contributed by atoms with Gasteiger partial charge in [0.2, 0.25) is 0 Å². The van der Waals surface area contributed by atoms with Gasteiger partial charge in [0.1, 0.15) is 11.7 Å². The van der Waals surface area contributed by atoms with Gasteiger partial charge < -0.3 is 9.80 Å². The second kappa shape index (κ2) is 5.54. The lowest BCUT2D eigenvalue weighted by molar-refractivity contribution is -0.949. The van der Waals surface area contributed by atoms with Gasteiger partial charge in [0, 0.05) is 30.3 Å². The van der Waals surface area contributed by atoms with Gasteiger partial charge in [-0.15, -0.1) is 0 Å². The Labute approximate surface area is 142 Å². The highest BCUT2D eigenvalue weighted by Gasteiger charge is 2.56. The fourth-order valence-electron chi connectivity index (χ4n) is 5.75. The zero-order valence-corrected chi connectivity index (χ0v) is 14.5. The summed E-state index contributed by atoms with van der Waals surface area (Å²) in [4.78, 5) is 0. The topological polar surface area (TPSA) is 24.9 Å². The number of piperazine rings is 1. The second-order valence-electron chi connectivity index (χ2n) is 7.82. The summed E-state index contributed by atoms with van der Waals surface area (Å²) in [6.07, 6.45) is 5.76. The van der Waals surface area contributed by atoms with Gasteiger partial charge in [-0.3, -0.25) is 0 Å². The molecule has 1 aromatic carbocycles. The number of fused-ring (bicyclic) bond motifs is 2. The molecule has 3 fully saturated rings. The van der Waals surface area contributed by atoms with E-state index in [2.05, 4.69) is 29.6 Å². The summed E-state index contributed by atoms with van der Waals surface area (Å²) in [6, 6.07) is 9.54. The molecule has 3 nitrogen and oxygen atoms in total. The quantitative estimate of drug-likeness (QED) is 0.810. The van der Waals surface area contributed by atoms with Crippen LogP contribution in [0, 0.1) is 11.8 Å². The molecule has 5 rings (SSSR count). The molecular formula is C19H26N3S+. The molecule has 1 spiro atoms. The zero-order chi connectivity index (χ0) is 15.3. The molecule has 1 aliphatic carbocycles. The molecule has 0 bridgehead atoms. The van der Waals surface area contributed by atoms with Gasteiger partial charge in [-0.2, -0.15) is 4.37 Å². The minimum atomic E-state index is 0.651. The van der Waals surface area contributed by atoms with Crippen molar-refractivity contribution in [3.63, 3.8) is 0 Å². The van der Waals surface area contributed by atoms with E-state index in [0.29, 0.717) is 6.04 Å². The first-order valence-corrected chi connectivity index (χ1v) is 10.1. The Kier molecular flexibility index (Phi) is 3.46. The number of nitrogens with zero attached hydrogens (tertiary/aromatic N) is 2. The minimum Gasteiger partial charge on any atom is -0.314 e. The molecule has 3 aliphatic rings. The molecule has 23 heavy (non-hydrogen) atoms. The summed E-state index contributed by atoms with van der Waals surface area (Å²) in [5.41, 5.74) is 1.43. The molecule has 4 heteroatoms. The van der Waals surface area contributed by atoms with E-state index in [0.717, 1.165) is 11.8 Å². The maximum absolute atomic E-state index is 5.02. The van der Waals surface area contributed by atoms with Crippen LogP contribution in [0.1, 0.15) is 37.4 Å². The van der Waals surface area contributed by atoms with Crippen LogP contribution < -0.4 is 5.32 Å². The van der Waals surface area contributed by atoms with Crippen molar-refractivity contribution in [2.75, 3.05) is 32.7 Å². The number of aromatic nitrogens is 1. The number of rotatable bonds is 1. The van der Waals surface area contributed by atoms with Crippen LogP contribution in [0.3, 0.4) is 0 Å². The van der Waals surface area contributed by atoms with Crippen LogP contribution in [-0.2, 0) is 0 Å². The summed E-state index contributed by atoms with van der Waals surface area (Å²) >= 11 is 1.71. The first kappa shape index (κ1) is 14.4. The number of benzene rings is 1. The third kappa shape index (κ3) is 2.19. The highest BCUT2D eigenvalue weighted by Crippen LogP contribution is 2.53. The fraction of sp³-hybridized carbons (Fsp3) is 0.632. The summed E-state index contributed by atoms with van der Waals surface area (Å²) in [5.74, 6) is 1.81. The van der Waals surface area contributed by atoms with Crippen molar-refractivity contribution in [1.29, 1.82) is 0 Å². The van der Waals surface area contributed by atoms with E-state index in [1.54, 1.807) is 11.5 Å². The second-order valence-corrected chi connectivity index (χ2v) is 8.62. The number of nitrogens with one attached hydrogen (secondary N) is 1. The third-order valence-electron chi connectivity index (χ3n) is 6.71. The van der Waals surface area contributed by atoms with Gasteiger partial charge in [-0.1, -0.05) is 31.0 Å². The van der Waals surface area contributed by atoms with Crippen molar-refractivity contribution in [2.45, 2.75) is 31.7 Å². The lowest BCUT2D eigenvalue weighted by Crippen LogP contribution is -2.58. The van der Waals surface area contributed by atoms with Crippen molar-refractivity contribution >= 4 is 21.6 Å². The number of quaternary nitrogens is 1. The van der Waals surface area contributed by atoms with Crippen molar-refractivity contribution in [1.82, 2.24) is 9.69 Å². The highest BCUT2D eigenvalue weighted by atomic mass is 32.1. The molecule has 0 radical (unpaired) electrons. The molecule has 3 heterocycles. The maximum atomic E-state index is 5.02. The van der Waals surface area contributed by atoms with E-state index in [9.17, 15) is 0 Å². The fourth-order valence-corrected chi connectivity index (χ4v) is 6.56. The molecule has 1 aromatic heterocycles. The number of hydrogen-bond acceptors (Lipinski definition) is 3. The molecule has 3 atom stereocenters. The molecule has 1 N–H and O–H groups in total. The summed E-state index contributed by atoms with van der Waals surface area (Å²) in [6.45, 7) is 6.35.